The Bertz CT molecular complexity index is 431. The lowest BCUT2D eigenvalue weighted by atomic mass is 9.85. The first-order chi connectivity index (χ1) is 7.75. The molecule has 94 valence electrons. The molecule has 3 nitrogen and oxygen atoms in total. The lowest BCUT2D eigenvalue weighted by Gasteiger charge is -2.22. The van der Waals surface area contributed by atoms with Gasteiger partial charge in [0.2, 0.25) is 5.91 Å². The molecule has 1 aromatic carbocycles. The second-order valence-corrected chi connectivity index (χ2v) is 5.31. The van der Waals surface area contributed by atoms with Crippen LogP contribution in [0, 0.1) is 6.92 Å². The van der Waals surface area contributed by atoms with E-state index < -0.39 is 0 Å². The highest BCUT2D eigenvalue weighted by atomic mass is 16.5. The highest BCUT2D eigenvalue weighted by molar-refractivity contribution is 5.91. The van der Waals surface area contributed by atoms with E-state index in [0.717, 1.165) is 17.0 Å². The van der Waals surface area contributed by atoms with Gasteiger partial charge < -0.3 is 10.1 Å². The molecule has 0 saturated heterocycles. The minimum Gasteiger partial charge on any atom is -0.494 e. The molecule has 0 saturated carbocycles. The Morgan fingerprint density at radius 3 is 2.29 bits per heavy atom. The monoisotopic (exact) mass is 235 g/mol. The van der Waals surface area contributed by atoms with Gasteiger partial charge in [0.1, 0.15) is 5.75 Å². The summed E-state index contributed by atoms with van der Waals surface area (Å²) in [4.78, 5) is 11.2. The van der Waals surface area contributed by atoms with Crippen molar-refractivity contribution < 1.29 is 9.53 Å². The zero-order valence-electron chi connectivity index (χ0n) is 11.5. The van der Waals surface area contributed by atoms with E-state index in [1.165, 1.54) is 12.5 Å². The number of hydrogen-bond donors (Lipinski definition) is 1. The van der Waals surface area contributed by atoms with E-state index >= 15 is 0 Å². The maximum atomic E-state index is 11.2. The van der Waals surface area contributed by atoms with Crippen molar-refractivity contribution in [2.24, 2.45) is 0 Å². The fourth-order valence-electron chi connectivity index (χ4n) is 1.76. The molecule has 1 N–H and O–H groups in total. The van der Waals surface area contributed by atoms with Crippen LogP contribution in [0.1, 0.15) is 38.8 Å². The quantitative estimate of drug-likeness (QED) is 0.854. The van der Waals surface area contributed by atoms with Crippen LogP contribution in [0.25, 0.3) is 0 Å². The van der Waals surface area contributed by atoms with Crippen LogP contribution in [0.15, 0.2) is 12.1 Å². The van der Waals surface area contributed by atoms with Crippen LogP contribution in [-0.2, 0) is 10.2 Å². The highest BCUT2D eigenvalue weighted by Crippen LogP contribution is 2.34. The molecule has 0 aliphatic rings. The molecular formula is C14H21NO2. The fraction of sp³-hybridized carbons (Fsp3) is 0.500. The zero-order valence-corrected chi connectivity index (χ0v) is 11.5. The van der Waals surface area contributed by atoms with Crippen molar-refractivity contribution >= 4 is 11.6 Å². The van der Waals surface area contributed by atoms with Crippen molar-refractivity contribution in [1.29, 1.82) is 0 Å². The van der Waals surface area contributed by atoms with Crippen LogP contribution in [0.4, 0.5) is 5.69 Å². The number of hydrogen-bond acceptors (Lipinski definition) is 2. The van der Waals surface area contributed by atoms with Crippen molar-refractivity contribution in [3.63, 3.8) is 0 Å². The second kappa shape index (κ2) is 4.78. The summed E-state index contributed by atoms with van der Waals surface area (Å²) in [6, 6.07) is 4.08. The lowest BCUT2D eigenvalue weighted by molar-refractivity contribution is -0.114. The van der Waals surface area contributed by atoms with Crippen molar-refractivity contribution in [1.82, 2.24) is 0 Å². The van der Waals surface area contributed by atoms with Gasteiger partial charge in [0.15, 0.2) is 0 Å². The van der Waals surface area contributed by atoms with Gasteiger partial charge in [0.25, 0.3) is 0 Å². The third kappa shape index (κ3) is 3.22. The minimum absolute atomic E-state index is 0.0459. The van der Waals surface area contributed by atoms with Gasteiger partial charge in [-0.1, -0.05) is 26.8 Å². The van der Waals surface area contributed by atoms with Gasteiger partial charge in [-0.15, -0.1) is 0 Å². The molecule has 0 fully saturated rings. The summed E-state index contributed by atoms with van der Waals surface area (Å²) < 4.78 is 5.33. The van der Waals surface area contributed by atoms with Crippen molar-refractivity contribution in [2.45, 2.75) is 40.0 Å². The van der Waals surface area contributed by atoms with Crippen LogP contribution in [0.2, 0.25) is 0 Å². The molecule has 1 rings (SSSR count). The first-order valence-electron chi connectivity index (χ1n) is 5.72. The van der Waals surface area contributed by atoms with Crippen molar-refractivity contribution in [2.75, 3.05) is 12.4 Å². The van der Waals surface area contributed by atoms with E-state index in [2.05, 4.69) is 32.2 Å². The standard InChI is InChI=1S/C14H21NO2/c1-9-7-11(14(3,4)5)8-12(13(9)17-6)15-10(2)16/h7-8H,1-6H3,(H,15,16). The molecule has 1 aromatic rings. The molecule has 1 amide bonds. The minimum atomic E-state index is -0.0891. The summed E-state index contributed by atoms with van der Waals surface area (Å²) in [6.45, 7) is 9.92. The zero-order chi connectivity index (χ0) is 13.2. The summed E-state index contributed by atoms with van der Waals surface area (Å²) in [5, 5.41) is 2.81. The number of aryl methyl sites for hydroxylation is 1. The Balaban J connectivity index is 3.33. The first-order valence-corrected chi connectivity index (χ1v) is 5.72. The highest BCUT2D eigenvalue weighted by Gasteiger charge is 2.18. The maximum absolute atomic E-state index is 11.2. The summed E-state index contributed by atoms with van der Waals surface area (Å²) in [7, 11) is 1.62. The number of carbonyl (C=O) groups excluding carboxylic acids is 1. The van der Waals surface area contributed by atoms with Crippen LogP contribution >= 0.6 is 0 Å². The molecule has 0 bridgehead atoms. The molecule has 0 aromatic heterocycles. The van der Waals surface area contributed by atoms with Crippen LogP contribution in [0.3, 0.4) is 0 Å². The summed E-state index contributed by atoms with van der Waals surface area (Å²) in [6.07, 6.45) is 0. The number of methoxy groups -OCH3 is 1. The van der Waals surface area contributed by atoms with Gasteiger partial charge in [-0.25, -0.2) is 0 Å². The maximum Gasteiger partial charge on any atom is 0.221 e. The van der Waals surface area contributed by atoms with E-state index in [4.69, 9.17) is 4.74 Å². The number of ether oxygens (including phenoxy) is 1. The molecule has 0 atom stereocenters. The molecule has 3 heteroatoms. The molecule has 0 radical (unpaired) electrons. The van der Waals surface area contributed by atoms with E-state index in [9.17, 15) is 4.79 Å². The Morgan fingerprint density at radius 1 is 1.29 bits per heavy atom. The largest absolute Gasteiger partial charge is 0.494 e. The Kier molecular flexibility index (Phi) is 3.81. The van der Waals surface area contributed by atoms with E-state index in [0.29, 0.717) is 0 Å². The van der Waals surface area contributed by atoms with Crippen molar-refractivity contribution in [3.8, 4) is 5.75 Å². The number of nitrogens with one attached hydrogen (secondary N) is 1. The van der Waals surface area contributed by atoms with Gasteiger partial charge in [-0.2, -0.15) is 0 Å². The molecule has 0 aliphatic carbocycles. The molecule has 0 unspecified atom stereocenters. The van der Waals surface area contributed by atoms with Crippen LogP contribution in [0.5, 0.6) is 5.75 Å². The van der Waals surface area contributed by atoms with Gasteiger partial charge in [0.05, 0.1) is 12.8 Å². The predicted molar refractivity (Wildman–Crippen MR) is 70.7 cm³/mol. The molecular weight excluding hydrogens is 214 g/mol. The molecule has 0 aliphatic heterocycles. The summed E-state index contributed by atoms with van der Waals surface area (Å²) in [5.41, 5.74) is 3.00. The van der Waals surface area contributed by atoms with Gasteiger partial charge in [-0.3, -0.25) is 4.79 Å². The third-order valence-electron chi connectivity index (χ3n) is 2.66. The second-order valence-electron chi connectivity index (χ2n) is 5.31. The lowest BCUT2D eigenvalue weighted by Crippen LogP contribution is -2.14. The summed E-state index contributed by atoms with van der Waals surface area (Å²) >= 11 is 0. The third-order valence-corrected chi connectivity index (χ3v) is 2.66. The number of rotatable bonds is 2. The van der Waals surface area contributed by atoms with Crippen LogP contribution in [-0.4, -0.2) is 13.0 Å². The van der Waals surface area contributed by atoms with E-state index in [1.807, 2.05) is 13.0 Å². The topological polar surface area (TPSA) is 38.3 Å². The average Bonchev–Trinajstić information content (AvgIpc) is 2.14. The van der Waals surface area contributed by atoms with E-state index in [1.54, 1.807) is 7.11 Å². The molecule has 17 heavy (non-hydrogen) atoms. The van der Waals surface area contributed by atoms with Crippen LogP contribution < -0.4 is 10.1 Å². The average molecular weight is 235 g/mol. The Labute approximate surface area is 103 Å². The number of benzene rings is 1. The SMILES string of the molecule is COc1c(C)cc(C(C)(C)C)cc1NC(C)=O. The van der Waals surface area contributed by atoms with Gasteiger partial charge in [-0.05, 0) is 29.5 Å². The number of amides is 1. The smallest absolute Gasteiger partial charge is 0.221 e. The van der Waals surface area contributed by atoms with Gasteiger partial charge in [0, 0.05) is 6.92 Å². The number of carbonyl (C=O) groups is 1. The van der Waals surface area contributed by atoms with Gasteiger partial charge >= 0.3 is 0 Å². The Morgan fingerprint density at radius 2 is 1.88 bits per heavy atom. The van der Waals surface area contributed by atoms with Crippen molar-refractivity contribution in [3.05, 3.63) is 23.3 Å². The normalized spacial score (nSPS) is 11.2. The Hall–Kier alpha value is -1.51. The predicted octanol–water partition coefficient (Wildman–Crippen LogP) is 3.26. The molecule has 0 spiro atoms. The summed E-state index contributed by atoms with van der Waals surface area (Å²) in [5.74, 6) is 0.641. The fourth-order valence-corrected chi connectivity index (χ4v) is 1.76. The van der Waals surface area contributed by atoms with E-state index in [-0.39, 0.29) is 11.3 Å². The molecule has 0 heterocycles. The first kappa shape index (κ1) is 13.6. The number of anilines is 1.